The van der Waals surface area contributed by atoms with Gasteiger partial charge in [0.05, 0.1) is 11.4 Å². The van der Waals surface area contributed by atoms with Gasteiger partial charge in [0.25, 0.3) is 0 Å². The van der Waals surface area contributed by atoms with E-state index in [1.54, 1.807) is 0 Å². The zero-order valence-corrected chi connectivity index (χ0v) is 10.6. The van der Waals surface area contributed by atoms with Crippen LogP contribution in [0.4, 0.5) is 0 Å². The van der Waals surface area contributed by atoms with Gasteiger partial charge in [-0.15, -0.1) is 11.6 Å². The van der Waals surface area contributed by atoms with Gasteiger partial charge in [-0.05, 0) is 25.1 Å². The van der Waals surface area contributed by atoms with Gasteiger partial charge in [-0.25, -0.2) is 0 Å². The zero-order valence-electron chi connectivity index (χ0n) is 9.88. The molecule has 0 aliphatic carbocycles. The Kier molecular flexibility index (Phi) is 5.12. The van der Waals surface area contributed by atoms with Crippen molar-refractivity contribution in [2.24, 2.45) is 0 Å². The summed E-state index contributed by atoms with van der Waals surface area (Å²) >= 11 is 5.54. The molecule has 1 aromatic carbocycles. The second kappa shape index (κ2) is 6.38. The molecule has 0 saturated carbocycles. The Labute approximate surface area is 101 Å². The van der Waals surface area contributed by atoms with Gasteiger partial charge in [0.15, 0.2) is 0 Å². The lowest BCUT2D eigenvalue weighted by atomic mass is 10.2. The van der Waals surface area contributed by atoms with Crippen LogP contribution in [0.2, 0.25) is 0 Å². The molecule has 0 aliphatic rings. The van der Waals surface area contributed by atoms with Gasteiger partial charge >= 0.3 is 0 Å². The van der Waals surface area contributed by atoms with Crippen molar-refractivity contribution >= 4 is 22.5 Å². The van der Waals surface area contributed by atoms with Crippen molar-refractivity contribution in [3.8, 4) is 5.75 Å². The molecule has 1 aromatic heterocycles. The van der Waals surface area contributed by atoms with Gasteiger partial charge in [0.1, 0.15) is 12.4 Å². The number of H-pyrrole nitrogens is 1. The maximum Gasteiger partial charge on any atom is 0.120 e. The molecular formula is C12H17ClN2O. The Morgan fingerprint density at radius 3 is 2.81 bits per heavy atom. The van der Waals surface area contributed by atoms with Crippen molar-refractivity contribution in [3.63, 3.8) is 0 Å². The van der Waals surface area contributed by atoms with E-state index in [9.17, 15) is 0 Å². The van der Waals surface area contributed by atoms with Gasteiger partial charge in [-0.1, -0.05) is 13.8 Å². The van der Waals surface area contributed by atoms with Crippen molar-refractivity contribution < 1.29 is 4.74 Å². The van der Waals surface area contributed by atoms with E-state index in [4.69, 9.17) is 16.3 Å². The summed E-state index contributed by atoms with van der Waals surface area (Å²) in [6.45, 7) is 6.52. The SMILES string of the molecule is CC.Cc1[nH]nc2ccc(OCCCl)cc12. The summed E-state index contributed by atoms with van der Waals surface area (Å²) < 4.78 is 5.41. The second-order valence-corrected chi connectivity index (χ2v) is 3.44. The van der Waals surface area contributed by atoms with Gasteiger partial charge in [-0.2, -0.15) is 5.10 Å². The summed E-state index contributed by atoms with van der Waals surface area (Å²) in [7, 11) is 0. The topological polar surface area (TPSA) is 37.9 Å². The summed E-state index contributed by atoms with van der Waals surface area (Å²) in [5, 5.41) is 8.16. The molecule has 0 atom stereocenters. The number of halogens is 1. The minimum atomic E-state index is 0.502. The molecule has 3 nitrogen and oxygen atoms in total. The van der Waals surface area contributed by atoms with Crippen molar-refractivity contribution in [2.45, 2.75) is 20.8 Å². The van der Waals surface area contributed by atoms with Crippen molar-refractivity contribution in [1.82, 2.24) is 10.2 Å². The van der Waals surface area contributed by atoms with E-state index in [1.807, 2.05) is 39.0 Å². The van der Waals surface area contributed by atoms with E-state index >= 15 is 0 Å². The molecule has 0 saturated heterocycles. The lowest BCUT2D eigenvalue weighted by molar-refractivity contribution is 0.343. The van der Waals surface area contributed by atoms with Crippen LogP contribution >= 0.6 is 11.6 Å². The number of ether oxygens (including phenoxy) is 1. The molecule has 0 amide bonds. The maximum absolute atomic E-state index is 5.54. The van der Waals surface area contributed by atoms with Crippen LogP contribution in [0, 0.1) is 6.92 Å². The Morgan fingerprint density at radius 2 is 2.12 bits per heavy atom. The van der Waals surface area contributed by atoms with Crippen molar-refractivity contribution in [3.05, 3.63) is 23.9 Å². The highest BCUT2D eigenvalue weighted by Gasteiger charge is 2.02. The van der Waals surface area contributed by atoms with Gasteiger partial charge in [0.2, 0.25) is 0 Å². The molecule has 16 heavy (non-hydrogen) atoms. The second-order valence-electron chi connectivity index (χ2n) is 3.07. The van der Waals surface area contributed by atoms with Gasteiger partial charge in [-0.3, -0.25) is 5.10 Å². The minimum Gasteiger partial charge on any atom is -0.492 e. The van der Waals surface area contributed by atoms with E-state index in [0.717, 1.165) is 22.3 Å². The number of hydrogen-bond acceptors (Lipinski definition) is 2. The number of hydrogen-bond donors (Lipinski definition) is 1. The predicted molar refractivity (Wildman–Crippen MR) is 68.4 cm³/mol. The molecule has 0 radical (unpaired) electrons. The molecular weight excluding hydrogens is 224 g/mol. The van der Waals surface area contributed by atoms with Crippen LogP contribution < -0.4 is 4.74 Å². The Balaban J connectivity index is 0.000000606. The molecule has 0 aliphatic heterocycles. The van der Waals surface area contributed by atoms with Gasteiger partial charge < -0.3 is 4.74 Å². The standard InChI is InChI=1S/C10H11ClN2O.C2H6/c1-7-9-6-8(14-5-4-11)2-3-10(9)13-12-7;1-2/h2-3,6H,4-5H2,1H3,(H,12,13);1-2H3. The first kappa shape index (κ1) is 12.8. The molecule has 0 unspecified atom stereocenters. The third-order valence-electron chi connectivity index (χ3n) is 2.06. The number of fused-ring (bicyclic) bond motifs is 1. The molecule has 1 N–H and O–H groups in total. The molecule has 1 heterocycles. The first-order valence-corrected chi connectivity index (χ1v) is 5.98. The number of rotatable bonds is 3. The predicted octanol–water partition coefficient (Wildman–Crippen LogP) is 3.52. The molecule has 4 heteroatoms. The first-order valence-electron chi connectivity index (χ1n) is 5.45. The number of aryl methyl sites for hydroxylation is 1. The van der Waals surface area contributed by atoms with E-state index in [1.165, 1.54) is 0 Å². The number of alkyl halides is 1. The number of benzene rings is 1. The van der Waals surface area contributed by atoms with Crippen molar-refractivity contribution in [1.29, 1.82) is 0 Å². The fourth-order valence-corrected chi connectivity index (χ4v) is 1.44. The van der Waals surface area contributed by atoms with Crippen molar-refractivity contribution in [2.75, 3.05) is 12.5 Å². The first-order chi connectivity index (χ1) is 7.81. The summed E-state index contributed by atoms with van der Waals surface area (Å²) in [6.07, 6.45) is 0. The van der Waals surface area contributed by atoms with Crippen LogP contribution in [-0.2, 0) is 0 Å². The van der Waals surface area contributed by atoms with Crippen LogP contribution in [0.25, 0.3) is 10.9 Å². The summed E-state index contributed by atoms with van der Waals surface area (Å²) in [5.74, 6) is 1.34. The van der Waals surface area contributed by atoms with Crippen LogP contribution in [-0.4, -0.2) is 22.7 Å². The third kappa shape index (κ3) is 2.89. The van der Waals surface area contributed by atoms with Crippen LogP contribution in [0.15, 0.2) is 18.2 Å². The number of aromatic amines is 1. The molecule has 0 fully saturated rings. The number of nitrogens with one attached hydrogen (secondary N) is 1. The molecule has 88 valence electrons. The lowest BCUT2D eigenvalue weighted by Gasteiger charge is -2.02. The Hall–Kier alpha value is -1.22. The molecule has 2 aromatic rings. The lowest BCUT2D eigenvalue weighted by Crippen LogP contribution is -1.97. The largest absolute Gasteiger partial charge is 0.492 e. The van der Waals surface area contributed by atoms with Crippen LogP contribution in [0.3, 0.4) is 0 Å². The van der Waals surface area contributed by atoms with E-state index in [2.05, 4.69) is 10.2 Å². The highest BCUT2D eigenvalue weighted by molar-refractivity contribution is 6.18. The fourth-order valence-electron chi connectivity index (χ4n) is 1.36. The summed E-state index contributed by atoms with van der Waals surface area (Å²) in [5.41, 5.74) is 2.01. The number of nitrogens with zero attached hydrogens (tertiary/aromatic N) is 1. The van der Waals surface area contributed by atoms with Crippen LogP contribution in [0.5, 0.6) is 5.75 Å². The summed E-state index contributed by atoms with van der Waals surface area (Å²) in [4.78, 5) is 0. The number of aromatic nitrogens is 2. The zero-order chi connectivity index (χ0) is 12.0. The van der Waals surface area contributed by atoms with E-state index < -0.39 is 0 Å². The molecule has 2 rings (SSSR count). The average Bonchev–Trinajstić information content (AvgIpc) is 2.71. The quantitative estimate of drug-likeness (QED) is 0.834. The maximum atomic E-state index is 5.54. The van der Waals surface area contributed by atoms with Crippen LogP contribution in [0.1, 0.15) is 19.5 Å². The normalized spacial score (nSPS) is 9.75. The molecule has 0 bridgehead atoms. The Bertz CT molecular complexity index is 440. The average molecular weight is 241 g/mol. The molecule has 0 spiro atoms. The third-order valence-corrected chi connectivity index (χ3v) is 2.22. The Morgan fingerprint density at radius 1 is 1.38 bits per heavy atom. The fraction of sp³-hybridized carbons (Fsp3) is 0.417. The smallest absolute Gasteiger partial charge is 0.120 e. The highest BCUT2D eigenvalue weighted by Crippen LogP contribution is 2.21. The van der Waals surface area contributed by atoms with E-state index in [-0.39, 0.29) is 0 Å². The van der Waals surface area contributed by atoms with E-state index in [0.29, 0.717) is 12.5 Å². The highest BCUT2D eigenvalue weighted by atomic mass is 35.5. The summed E-state index contributed by atoms with van der Waals surface area (Å²) in [6, 6.07) is 5.80. The van der Waals surface area contributed by atoms with Gasteiger partial charge in [0, 0.05) is 11.1 Å². The minimum absolute atomic E-state index is 0.502. The monoisotopic (exact) mass is 240 g/mol.